The molecular weight excluding hydrogens is 238 g/mol. The van der Waals surface area contributed by atoms with E-state index >= 15 is 0 Å². The lowest BCUT2D eigenvalue weighted by Crippen LogP contribution is -2.49. The maximum absolute atomic E-state index is 12.4. The molecule has 1 aromatic rings. The van der Waals surface area contributed by atoms with E-state index in [0.717, 1.165) is 12.8 Å². The van der Waals surface area contributed by atoms with Crippen LogP contribution in [-0.2, 0) is 16.0 Å². The number of rotatable bonds is 3. The summed E-state index contributed by atoms with van der Waals surface area (Å²) in [5.74, 6) is 0.519. The maximum atomic E-state index is 12.4. The average Bonchev–Trinajstić information content (AvgIpc) is 2.87. The van der Waals surface area contributed by atoms with Gasteiger partial charge in [-0.2, -0.15) is 0 Å². The van der Waals surface area contributed by atoms with Gasteiger partial charge in [-0.3, -0.25) is 4.79 Å². The summed E-state index contributed by atoms with van der Waals surface area (Å²) in [5, 5.41) is 0. The van der Waals surface area contributed by atoms with E-state index in [-0.39, 0.29) is 5.78 Å². The Morgan fingerprint density at radius 3 is 3.05 bits per heavy atom. The second-order valence-electron chi connectivity index (χ2n) is 5.87. The van der Waals surface area contributed by atoms with Crippen molar-refractivity contribution in [2.45, 2.75) is 43.6 Å². The van der Waals surface area contributed by atoms with Crippen LogP contribution in [0.4, 0.5) is 0 Å². The van der Waals surface area contributed by atoms with Gasteiger partial charge in [0.05, 0.1) is 6.61 Å². The first-order valence-corrected chi connectivity index (χ1v) is 7.17. The van der Waals surface area contributed by atoms with Gasteiger partial charge in [0.2, 0.25) is 0 Å². The van der Waals surface area contributed by atoms with Crippen LogP contribution < -0.4 is 5.73 Å². The third-order valence-electron chi connectivity index (χ3n) is 4.53. The minimum absolute atomic E-state index is 0.173. The molecule has 102 valence electrons. The van der Waals surface area contributed by atoms with Gasteiger partial charge in [-0.05, 0) is 42.7 Å². The summed E-state index contributed by atoms with van der Waals surface area (Å²) in [4.78, 5) is 12.4. The fourth-order valence-electron chi connectivity index (χ4n) is 3.29. The molecule has 2 unspecified atom stereocenters. The lowest BCUT2D eigenvalue weighted by molar-refractivity contribution is -0.124. The van der Waals surface area contributed by atoms with Gasteiger partial charge in [-0.15, -0.1) is 0 Å². The van der Waals surface area contributed by atoms with Gasteiger partial charge in [0.15, 0.2) is 5.78 Å². The van der Waals surface area contributed by atoms with E-state index in [1.54, 1.807) is 0 Å². The third-order valence-corrected chi connectivity index (χ3v) is 4.53. The predicted molar refractivity (Wildman–Crippen MR) is 74.1 cm³/mol. The molecule has 3 rings (SSSR count). The molecule has 1 aromatic carbocycles. The highest BCUT2D eigenvalue weighted by Crippen LogP contribution is 2.35. The average molecular weight is 259 g/mol. The van der Waals surface area contributed by atoms with Crippen molar-refractivity contribution in [2.75, 3.05) is 13.2 Å². The molecule has 3 heteroatoms. The van der Waals surface area contributed by atoms with Gasteiger partial charge in [0, 0.05) is 13.0 Å². The van der Waals surface area contributed by atoms with E-state index in [4.69, 9.17) is 10.5 Å². The summed E-state index contributed by atoms with van der Waals surface area (Å²) >= 11 is 0. The monoisotopic (exact) mass is 259 g/mol. The van der Waals surface area contributed by atoms with E-state index in [0.29, 0.717) is 32.0 Å². The van der Waals surface area contributed by atoms with Crippen LogP contribution in [0.25, 0.3) is 0 Å². The molecule has 1 aliphatic heterocycles. The third kappa shape index (κ3) is 2.45. The second-order valence-corrected chi connectivity index (χ2v) is 5.87. The molecule has 0 aromatic heterocycles. The smallest absolute Gasteiger partial charge is 0.155 e. The topological polar surface area (TPSA) is 52.3 Å². The van der Waals surface area contributed by atoms with Crippen LogP contribution >= 0.6 is 0 Å². The van der Waals surface area contributed by atoms with Crippen LogP contribution in [-0.4, -0.2) is 24.5 Å². The molecular formula is C16H21NO2. The molecule has 1 fully saturated rings. The van der Waals surface area contributed by atoms with Crippen LogP contribution in [0.3, 0.4) is 0 Å². The van der Waals surface area contributed by atoms with E-state index in [2.05, 4.69) is 24.3 Å². The molecule has 0 spiro atoms. The molecule has 0 amide bonds. The Morgan fingerprint density at radius 1 is 1.42 bits per heavy atom. The number of benzene rings is 1. The van der Waals surface area contributed by atoms with Crippen molar-refractivity contribution in [3.05, 3.63) is 35.4 Å². The van der Waals surface area contributed by atoms with Crippen LogP contribution in [0, 0.1) is 0 Å². The normalized spacial score (nSPS) is 30.1. The summed E-state index contributed by atoms with van der Waals surface area (Å²) in [5.41, 5.74) is 8.19. The Kier molecular flexibility index (Phi) is 3.42. The molecule has 19 heavy (non-hydrogen) atoms. The Bertz CT molecular complexity index is 477. The first-order chi connectivity index (χ1) is 9.19. The van der Waals surface area contributed by atoms with Gasteiger partial charge in [0.1, 0.15) is 5.54 Å². The van der Waals surface area contributed by atoms with Crippen LogP contribution in [0.1, 0.15) is 42.7 Å². The SMILES string of the molecule is NC1(C(=O)CC2CCCc3ccccc32)CCOC1. The maximum Gasteiger partial charge on any atom is 0.155 e. The Hall–Kier alpha value is -1.19. The minimum Gasteiger partial charge on any atom is -0.379 e. The van der Waals surface area contributed by atoms with E-state index in [1.165, 1.54) is 17.5 Å². The fraction of sp³-hybridized carbons (Fsp3) is 0.562. The summed E-state index contributed by atoms with van der Waals surface area (Å²) in [6, 6.07) is 8.50. The quantitative estimate of drug-likeness (QED) is 0.905. The highest BCUT2D eigenvalue weighted by molar-refractivity contribution is 5.89. The number of Topliss-reactive ketones (excluding diaryl/α,β-unsaturated/α-hetero) is 1. The molecule has 3 nitrogen and oxygen atoms in total. The zero-order chi connectivity index (χ0) is 13.3. The van der Waals surface area contributed by atoms with Crippen molar-refractivity contribution >= 4 is 5.78 Å². The van der Waals surface area contributed by atoms with Crippen molar-refractivity contribution in [3.8, 4) is 0 Å². The second kappa shape index (κ2) is 5.06. The van der Waals surface area contributed by atoms with Gasteiger partial charge in [-0.25, -0.2) is 0 Å². The molecule has 2 atom stereocenters. The summed E-state index contributed by atoms with van der Waals surface area (Å²) in [6.07, 6.45) is 4.64. The molecule has 2 aliphatic rings. The van der Waals surface area contributed by atoms with Gasteiger partial charge >= 0.3 is 0 Å². The first kappa shape index (κ1) is 12.8. The molecule has 0 saturated carbocycles. The number of aryl methyl sites for hydroxylation is 1. The number of fused-ring (bicyclic) bond motifs is 1. The number of carbonyl (C=O) groups is 1. The van der Waals surface area contributed by atoms with Gasteiger partial charge in [0.25, 0.3) is 0 Å². The van der Waals surface area contributed by atoms with Crippen molar-refractivity contribution in [2.24, 2.45) is 5.73 Å². The molecule has 0 radical (unpaired) electrons. The van der Waals surface area contributed by atoms with Crippen LogP contribution in [0.2, 0.25) is 0 Å². The highest BCUT2D eigenvalue weighted by atomic mass is 16.5. The number of hydrogen-bond donors (Lipinski definition) is 1. The van der Waals surface area contributed by atoms with Crippen LogP contribution in [0.5, 0.6) is 0 Å². The summed E-state index contributed by atoms with van der Waals surface area (Å²) in [6.45, 7) is 1.00. The van der Waals surface area contributed by atoms with Crippen molar-refractivity contribution in [3.63, 3.8) is 0 Å². The largest absolute Gasteiger partial charge is 0.379 e. The van der Waals surface area contributed by atoms with Crippen molar-refractivity contribution < 1.29 is 9.53 Å². The number of carbonyl (C=O) groups excluding carboxylic acids is 1. The van der Waals surface area contributed by atoms with Crippen molar-refractivity contribution in [1.82, 2.24) is 0 Å². The molecule has 1 heterocycles. The summed E-state index contributed by atoms with van der Waals surface area (Å²) in [7, 11) is 0. The predicted octanol–water partition coefficient (Wildman–Crippen LogP) is 2.18. The Balaban J connectivity index is 1.76. The fourth-order valence-corrected chi connectivity index (χ4v) is 3.29. The molecule has 2 N–H and O–H groups in total. The molecule has 0 bridgehead atoms. The highest BCUT2D eigenvalue weighted by Gasteiger charge is 2.39. The number of ketones is 1. The lowest BCUT2D eigenvalue weighted by Gasteiger charge is -2.28. The van der Waals surface area contributed by atoms with E-state index in [9.17, 15) is 4.79 Å². The Labute approximate surface area is 114 Å². The van der Waals surface area contributed by atoms with Gasteiger partial charge < -0.3 is 10.5 Å². The number of hydrogen-bond acceptors (Lipinski definition) is 3. The first-order valence-electron chi connectivity index (χ1n) is 7.17. The number of ether oxygens (including phenoxy) is 1. The molecule has 1 saturated heterocycles. The zero-order valence-electron chi connectivity index (χ0n) is 11.2. The summed E-state index contributed by atoms with van der Waals surface area (Å²) < 4.78 is 5.29. The standard InChI is InChI=1S/C16H21NO2/c17-16(8-9-19-11-16)15(18)10-13-6-3-5-12-4-1-2-7-14(12)13/h1-2,4,7,13H,3,5-6,8-11,17H2. The lowest BCUT2D eigenvalue weighted by atomic mass is 9.77. The molecule has 1 aliphatic carbocycles. The van der Waals surface area contributed by atoms with Crippen LogP contribution in [0.15, 0.2) is 24.3 Å². The van der Waals surface area contributed by atoms with Gasteiger partial charge in [-0.1, -0.05) is 24.3 Å². The van der Waals surface area contributed by atoms with Crippen molar-refractivity contribution in [1.29, 1.82) is 0 Å². The van der Waals surface area contributed by atoms with E-state index < -0.39 is 5.54 Å². The minimum atomic E-state index is -0.730. The number of nitrogens with two attached hydrogens (primary N) is 1. The zero-order valence-corrected chi connectivity index (χ0v) is 11.2. The Morgan fingerprint density at radius 2 is 2.26 bits per heavy atom. The van der Waals surface area contributed by atoms with E-state index in [1.807, 2.05) is 0 Å².